The van der Waals surface area contributed by atoms with Crippen molar-refractivity contribution in [3.05, 3.63) is 54.1 Å². The van der Waals surface area contributed by atoms with Gasteiger partial charge in [-0.15, -0.1) is 0 Å². The van der Waals surface area contributed by atoms with Crippen molar-refractivity contribution in [2.75, 3.05) is 13.6 Å². The highest BCUT2D eigenvalue weighted by molar-refractivity contribution is 5.78. The molecule has 0 saturated carbocycles. The Morgan fingerprint density at radius 3 is 2.78 bits per heavy atom. The summed E-state index contributed by atoms with van der Waals surface area (Å²) < 4.78 is 0. The lowest BCUT2D eigenvalue weighted by molar-refractivity contribution is -0.129. The minimum absolute atomic E-state index is 0.131. The molecule has 0 aliphatic rings. The third kappa shape index (κ3) is 3.45. The summed E-state index contributed by atoms with van der Waals surface area (Å²) in [5, 5.41) is 0. The van der Waals surface area contributed by atoms with E-state index in [0.717, 1.165) is 18.7 Å². The summed E-state index contributed by atoms with van der Waals surface area (Å²) in [7, 11) is 1.84. The van der Waals surface area contributed by atoms with Gasteiger partial charge in [-0.3, -0.25) is 9.78 Å². The molecule has 0 radical (unpaired) electrons. The van der Waals surface area contributed by atoms with Gasteiger partial charge in [-0.05, 0) is 36.2 Å². The van der Waals surface area contributed by atoms with E-state index in [-0.39, 0.29) is 5.91 Å². The summed E-state index contributed by atoms with van der Waals surface area (Å²) in [5.41, 5.74) is 2.15. The van der Waals surface area contributed by atoms with Crippen LogP contribution in [0.3, 0.4) is 0 Å². The third-order valence-corrected chi connectivity index (χ3v) is 2.92. The number of hydrogen-bond acceptors (Lipinski definition) is 2. The van der Waals surface area contributed by atoms with Crippen LogP contribution in [0.2, 0.25) is 0 Å². The van der Waals surface area contributed by atoms with Gasteiger partial charge in [0.1, 0.15) is 0 Å². The molecule has 2 aromatic heterocycles. The molecular formula is C14H17N3O. The van der Waals surface area contributed by atoms with E-state index in [1.54, 1.807) is 17.3 Å². The van der Waals surface area contributed by atoms with Gasteiger partial charge in [0.2, 0.25) is 5.91 Å². The van der Waals surface area contributed by atoms with Crippen molar-refractivity contribution < 1.29 is 4.79 Å². The maximum absolute atomic E-state index is 11.9. The lowest BCUT2D eigenvalue weighted by Crippen LogP contribution is -2.30. The first-order valence-electron chi connectivity index (χ1n) is 6.01. The second kappa shape index (κ2) is 6.00. The molecule has 0 unspecified atom stereocenters. The van der Waals surface area contributed by atoms with Crippen molar-refractivity contribution in [1.29, 1.82) is 0 Å². The van der Waals surface area contributed by atoms with Crippen LogP contribution in [0.5, 0.6) is 0 Å². The molecule has 1 amide bonds. The zero-order valence-corrected chi connectivity index (χ0v) is 10.5. The summed E-state index contributed by atoms with van der Waals surface area (Å²) in [6.07, 6.45) is 6.67. The van der Waals surface area contributed by atoms with Crippen LogP contribution in [0.1, 0.15) is 11.3 Å². The van der Waals surface area contributed by atoms with E-state index in [0.29, 0.717) is 6.42 Å². The fourth-order valence-corrected chi connectivity index (χ4v) is 1.75. The molecule has 0 spiro atoms. The molecule has 94 valence electrons. The maximum atomic E-state index is 11.9. The number of hydrogen-bond donors (Lipinski definition) is 1. The van der Waals surface area contributed by atoms with Gasteiger partial charge in [0.05, 0.1) is 6.42 Å². The predicted octanol–water partition coefficient (Wildman–Crippen LogP) is 1.65. The summed E-state index contributed by atoms with van der Waals surface area (Å²) >= 11 is 0. The molecule has 0 atom stereocenters. The number of nitrogens with one attached hydrogen (secondary N) is 1. The van der Waals surface area contributed by atoms with Gasteiger partial charge in [-0.2, -0.15) is 0 Å². The largest absolute Gasteiger partial charge is 0.365 e. The molecule has 0 aliphatic carbocycles. The average molecular weight is 243 g/mol. The molecule has 2 aromatic rings. The Labute approximate surface area is 107 Å². The zero-order valence-electron chi connectivity index (χ0n) is 10.5. The number of aromatic amines is 1. The molecular weight excluding hydrogens is 226 g/mol. The molecule has 0 bridgehead atoms. The SMILES string of the molecule is CN(CCc1ccncc1)C(=O)Cc1ccc[nH]1. The van der Waals surface area contributed by atoms with E-state index >= 15 is 0 Å². The number of aromatic nitrogens is 2. The van der Waals surface area contributed by atoms with E-state index in [1.165, 1.54) is 5.56 Å². The normalized spacial score (nSPS) is 10.3. The highest BCUT2D eigenvalue weighted by Crippen LogP contribution is 2.02. The molecule has 2 rings (SSSR count). The molecule has 1 N–H and O–H groups in total. The van der Waals surface area contributed by atoms with Gasteiger partial charge < -0.3 is 9.88 Å². The zero-order chi connectivity index (χ0) is 12.8. The fraction of sp³-hybridized carbons (Fsp3) is 0.286. The topological polar surface area (TPSA) is 49.0 Å². The Morgan fingerprint density at radius 2 is 2.11 bits per heavy atom. The molecule has 4 nitrogen and oxygen atoms in total. The van der Waals surface area contributed by atoms with Crippen molar-refractivity contribution in [2.24, 2.45) is 0 Å². The highest BCUT2D eigenvalue weighted by atomic mass is 16.2. The Morgan fingerprint density at radius 1 is 1.33 bits per heavy atom. The van der Waals surface area contributed by atoms with Crippen molar-refractivity contribution in [1.82, 2.24) is 14.9 Å². The van der Waals surface area contributed by atoms with Gasteiger partial charge in [-0.1, -0.05) is 0 Å². The third-order valence-electron chi connectivity index (χ3n) is 2.92. The standard InChI is InChI=1S/C14H17N3O/c1-17(10-6-12-4-8-15-9-5-12)14(18)11-13-3-2-7-16-13/h2-5,7-9,16H,6,10-11H2,1H3. The summed E-state index contributed by atoms with van der Waals surface area (Å²) in [6, 6.07) is 7.78. The first kappa shape index (κ1) is 12.4. The van der Waals surface area contributed by atoms with Crippen molar-refractivity contribution in [2.45, 2.75) is 12.8 Å². The minimum Gasteiger partial charge on any atom is -0.365 e. The van der Waals surface area contributed by atoms with E-state index in [1.807, 2.05) is 37.5 Å². The van der Waals surface area contributed by atoms with Gasteiger partial charge in [0.15, 0.2) is 0 Å². The monoisotopic (exact) mass is 243 g/mol. The fourth-order valence-electron chi connectivity index (χ4n) is 1.75. The number of pyridine rings is 1. The van der Waals surface area contributed by atoms with E-state index in [2.05, 4.69) is 9.97 Å². The minimum atomic E-state index is 0.131. The molecule has 0 aromatic carbocycles. The molecule has 0 saturated heterocycles. The highest BCUT2D eigenvalue weighted by Gasteiger charge is 2.09. The lowest BCUT2D eigenvalue weighted by Gasteiger charge is -2.16. The second-order valence-electron chi connectivity index (χ2n) is 4.29. The quantitative estimate of drug-likeness (QED) is 0.868. The van der Waals surface area contributed by atoms with Crippen LogP contribution < -0.4 is 0 Å². The second-order valence-corrected chi connectivity index (χ2v) is 4.29. The number of carbonyl (C=O) groups excluding carboxylic acids is 1. The number of amides is 1. The smallest absolute Gasteiger partial charge is 0.228 e. The summed E-state index contributed by atoms with van der Waals surface area (Å²) in [4.78, 5) is 20.7. The van der Waals surface area contributed by atoms with Crippen LogP contribution in [0.25, 0.3) is 0 Å². The van der Waals surface area contributed by atoms with Gasteiger partial charge in [0, 0.05) is 37.9 Å². The first-order valence-corrected chi connectivity index (χ1v) is 6.01. The Kier molecular flexibility index (Phi) is 4.12. The van der Waals surface area contributed by atoms with E-state index in [4.69, 9.17) is 0 Å². The van der Waals surface area contributed by atoms with Crippen LogP contribution in [0.4, 0.5) is 0 Å². The van der Waals surface area contributed by atoms with Crippen LogP contribution in [0, 0.1) is 0 Å². The Hall–Kier alpha value is -2.10. The van der Waals surface area contributed by atoms with E-state index in [9.17, 15) is 4.79 Å². The lowest BCUT2D eigenvalue weighted by atomic mass is 10.2. The van der Waals surface area contributed by atoms with Crippen LogP contribution >= 0.6 is 0 Å². The molecule has 2 heterocycles. The number of carbonyl (C=O) groups is 1. The average Bonchev–Trinajstić information content (AvgIpc) is 2.90. The number of likely N-dealkylation sites (N-methyl/N-ethyl adjacent to an activating group) is 1. The molecule has 0 fully saturated rings. The van der Waals surface area contributed by atoms with Gasteiger partial charge in [0.25, 0.3) is 0 Å². The van der Waals surface area contributed by atoms with Crippen molar-refractivity contribution in [3.8, 4) is 0 Å². The van der Waals surface area contributed by atoms with Crippen LogP contribution in [0.15, 0.2) is 42.9 Å². The van der Waals surface area contributed by atoms with Gasteiger partial charge in [-0.25, -0.2) is 0 Å². The number of nitrogens with zero attached hydrogens (tertiary/aromatic N) is 2. The first-order chi connectivity index (χ1) is 8.75. The van der Waals surface area contributed by atoms with Crippen molar-refractivity contribution >= 4 is 5.91 Å². The van der Waals surface area contributed by atoms with Crippen LogP contribution in [-0.2, 0) is 17.6 Å². The molecule has 18 heavy (non-hydrogen) atoms. The molecule has 0 aliphatic heterocycles. The van der Waals surface area contributed by atoms with Crippen LogP contribution in [-0.4, -0.2) is 34.4 Å². The number of rotatable bonds is 5. The van der Waals surface area contributed by atoms with Gasteiger partial charge >= 0.3 is 0 Å². The summed E-state index contributed by atoms with van der Waals surface area (Å²) in [5.74, 6) is 0.131. The van der Waals surface area contributed by atoms with E-state index < -0.39 is 0 Å². The Bertz CT molecular complexity index is 479. The number of H-pyrrole nitrogens is 1. The molecule has 4 heteroatoms. The predicted molar refractivity (Wildman–Crippen MR) is 70.1 cm³/mol. The summed E-state index contributed by atoms with van der Waals surface area (Å²) in [6.45, 7) is 0.726. The Balaban J connectivity index is 1.81. The van der Waals surface area contributed by atoms with Crippen molar-refractivity contribution in [3.63, 3.8) is 0 Å². The maximum Gasteiger partial charge on any atom is 0.228 e.